The van der Waals surface area contributed by atoms with Gasteiger partial charge in [-0.05, 0) is 34.0 Å². The molecule has 0 bridgehead atoms. The monoisotopic (exact) mass is 323 g/mol. The van der Waals surface area contributed by atoms with Crippen molar-refractivity contribution in [2.45, 2.75) is 6.92 Å². The molecular weight excluding hydrogens is 313 g/mol. The van der Waals surface area contributed by atoms with Crippen LogP contribution in [-0.4, -0.2) is 18.3 Å². The summed E-state index contributed by atoms with van der Waals surface area (Å²) in [5, 5.41) is 3.22. The minimum absolute atomic E-state index is 0.178. The molecule has 1 N–H and O–H groups in total. The second kappa shape index (κ2) is 6.48. The van der Waals surface area contributed by atoms with E-state index in [9.17, 15) is 4.79 Å². The fraction of sp³-hybridized carbons (Fsp3) is 0.364. The van der Waals surface area contributed by atoms with E-state index in [1.807, 2.05) is 6.92 Å². The average Bonchev–Trinajstić information content (AvgIpc) is 2.29. The van der Waals surface area contributed by atoms with E-state index in [1.165, 1.54) is 0 Å². The molecule has 0 saturated carbocycles. The Balaban J connectivity index is 2.70. The Morgan fingerprint density at radius 3 is 2.88 bits per heavy atom. The lowest BCUT2D eigenvalue weighted by Crippen LogP contribution is -2.29. The molecule has 5 heteroatoms. The number of hydrogen-bond donors (Lipinski definition) is 1. The Kier molecular flexibility index (Phi) is 5.59. The summed E-state index contributed by atoms with van der Waals surface area (Å²) in [5.74, 6) is 0.590. The van der Waals surface area contributed by atoms with E-state index in [2.05, 4.69) is 21.2 Å². The van der Waals surface area contributed by atoms with Gasteiger partial charge in [0.15, 0.2) is 0 Å². The highest BCUT2D eigenvalue weighted by Crippen LogP contribution is 2.25. The molecule has 0 aliphatic heterocycles. The summed E-state index contributed by atoms with van der Waals surface area (Å²) < 4.78 is 0.715. The van der Waals surface area contributed by atoms with Crippen LogP contribution in [0.25, 0.3) is 0 Å². The van der Waals surface area contributed by atoms with Gasteiger partial charge in [-0.15, -0.1) is 11.6 Å². The molecule has 1 rings (SSSR count). The minimum atomic E-state index is -0.178. The molecule has 2 nitrogen and oxygen atoms in total. The lowest BCUT2D eigenvalue weighted by atomic mass is 10.2. The summed E-state index contributed by atoms with van der Waals surface area (Å²) in [6, 6.07) is 5.25. The molecule has 1 unspecified atom stereocenters. The average molecular weight is 325 g/mol. The maximum Gasteiger partial charge on any atom is 0.252 e. The number of halogens is 3. The quantitative estimate of drug-likeness (QED) is 0.840. The first-order chi connectivity index (χ1) is 7.56. The zero-order chi connectivity index (χ0) is 12.1. The molecule has 0 spiro atoms. The lowest BCUT2D eigenvalue weighted by molar-refractivity contribution is 0.0949. The first-order valence-electron chi connectivity index (χ1n) is 4.84. The van der Waals surface area contributed by atoms with E-state index in [1.54, 1.807) is 18.2 Å². The van der Waals surface area contributed by atoms with E-state index < -0.39 is 0 Å². The van der Waals surface area contributed by atoms with Gasteiger partial charge in [0, 0.05) is 16.9 Å². The molecule has 88 valence electrons. The molecule has 0 aliphatic carbocycles. The Hall–Kier alpha value is -0.250. The van der Waals surface area contributed by atoms with Gasteiger partial charge in [-0.25, -0.2) is 0 Å². The third-order valence-corrected chi connectivity index (χ3v) is 3.89. The fourth-order valence-corrected chi connectivity index (χ4v) is 1.78. The van der Waals surface area contributed by atoms with Crippen LogP contribution in [-0.2, 0) is 0 Å². The molecule has 0 fully saturated rings. The van der Waals surface area contributed by atoms with Crippen molar-refractivity contribution in [3.63, 3.8) is 0 Å². The maximum atomic E-state index is 11.8. The van der Waals surface area contributed by atoms with Gasteiger partial charge < -0.3 is 5.32 Å². The third kappa shape index (κ3) is 3.65. The minimum Gasteiger partial charge on any atom is -0.352 e. The molecule has 1 aromatic carbocycles. The molecule has 0 radical (unpaired) electrons. The number of nitrogens with one attached hydrogen (secondary N) is 1. The molecule has 1 aromatic rings. The van der Waals surface area contributed by atoms with E-state index in [4.69, 9.17) is 23.2 Å². The Morgan fingerprint density at radius 1 is 1.56 bits per heavy atom. The van der Waals surface area contributed by atoms with Crippen molar-refractivity contribution in [2.75, 3.05) is 12.4 Å². The topological polar surface area (TPSA) is 29.1 Å². The van der Waals surface area contributed by atoms with Gasteiger partial charge in [-0.1, -0.05) is 24.6 Å². The van der Waals surface area contributed by atoms with Gasteiger partial charge >= 0.3 is 0 Å². The van der Waals surface area contributed by atoms with Crippen molar-refractivity contribution in [1.82, 2.24) is 5.32 Å². The second-order valence-electron chi connectivity index (χ2n) is 3.57. The predicted octanol–water partition coefficient (Wildman–Crippen LogP) is 3.71. The number of alkyl halides is 1. The Labute approximate surface area is 113 Å². The van der Waals surface area contributed by atoms with E-state index >= 15 is 0 Å². The van der Waals surface area contributed by atoms with E-state index in [0.29, 0.717) is 27.5 Å². The first-order valence-corrected chi connectivity index (χ1v) is 6.55. The predicted molar refractivity (Wildman–Crippen MR) is 71.4 cm³/mol. The van der Waals surface area contributed by atoms with Crippen LogP contribution in [0.3, 0.4) is 0 Å². The molecule has 16 heavy (non-hydrogen) atoms. The SMILES string of the molecule is CC(CCl)CNC(=O)c1cccc(Br)c1Cl. The molecular formula is C11H12BrCl2NO. The molecule has 0 heterocycles. The number of carbonyl (C=O) groups excluding carboxylic acids is 1. The van der Waals surface area contributed by atoms with Crippen molar-refractivity contribution in [3.8, 4) is 0 Å². The van der Waals surface area contributed by atoms with Crippen LogP contribution >= 0.6 is 39.1 Å². The van der Waals surface area contributed by atoms with Crippen LogP contribution in [0.1, 0.15) is 17.3 Å². The van der Waals surface area contributed by atoms with Crippen LogP contribution in [0.5, 0.6) is 0 Å². The van der Waals surface area contributed by atoms with Crippen molar-refractivity contribution in [2.24, 2.45) is 5.92 Å². The van der Waals surface area contributed by atoms with Crippen LogP contribution in [0.4, 0.5) is 0 Å². The molecule has 0 saturated heterocycles. The summed E-state index contributed by atoms with van der Waals surface area (Å²) in [7, 11) is 0. The smallest absolute Gasteiger partial charge is 0.252 e. The van der Waals surface area contributed by atoms with Gasteiger partial charge in [0.05, 0.1) is 10.6 Å². The normalized spacial score (nSPS) is 12.2. The Morgan fingerprint density at radius 2 is 2.25 bits per heavy atom. The summed E-state index contributed by atoms with van der Waals surface area (Å²) in [6.07, 6.45) is 0. The van der Waals surface area contributed by atoms with Crippen LogP contribution in [0.2, 0.25) is 5.02 Å². The number of rotatable bonds is 4. The summed E-state index contributed by atoms with van der Waals surface area (Å²) in [6.45, 7) is 2.51. The highest BCUT2D eigenvalue weighted by Gasteiger charge is 2.12. The van der Waals surface area contributed by atoms with Crippen LogP contribution < -0.4 is 5.32 Å². The van der Waals surface area contributed by atoms with Gasteiger partial charge in [-0.3, -0.25) is 4.79 Å². The highest BCUT2D eigenvalue weighted by atomic mass is 79.9. The van der Waals surface area contributed by atoms with Crippen molar-refractivity contribution in [3.05, 3.63) is 33.3 Å². The molecule has 1 amide bonds. The zero-order valence-electron chi connectivity index (χ0n) is 8.77. The van der Waals surface area contributed by atoms with Crippen LogP contribution in [0, 0.1) is 5.92 Å². The maximum absolute atomic E-state index is 11.8. The Bertz CT molecular complexity index is 384. The second-order valence-corrected chi connectivity index (χ2v) is 5.11. The van der Waals surface area contributed by atoms with Crippen molar-refractivity contribution < 1.29 is 4.79 Å². The highest BCUT2D eigenvalue weighted by molar-refractivity contribution is 9.10. The molecule has 0 aliphatic rings. The standard InChI is InChI=1S/C11H12BrCl2NO/c1-7(5-13)6-15-11(16)8-3-2-4-9(12)10(8)14/h2-4,7H,5-6H2,1H3,(H,15,16). The van der Waals surface area contributed by atoms with Crippen LogP contribution in [0.15, 0.2) is 22.7 Å². The fourth-order valence-electron chi connectivity index (χ4n) is 1.10. The van der Waals surface area contributed by atoms with Gasteiger partial charge in [-0.2, -0.15) is 0 Å². The largest absolute Gasteiger partial charge is 0.352 e. The summed E-state index contributed by atoms with van der Waals surface area (Å²) in [5.41, 5.74) is 0.470. The van der Waals surface area contributed by atoms with Crippen molar-refractivity contribution in [1.29, 1.82) is 0 Å². The molecule has 0 aromatic heterocycles. The molecule has 1 atom stereocenters. The summed E-state index contributed by atoms with van der Waals surface area (Å²) in [4.78, 5) is 11.8. The first kappa shape index (κ1) is 13.8. The number of benzene rings is 1. The number of amides is 1. The van der Waals surface area contributed by atoms with Gasteiger partial charge in [0.25, 0.3) is 5.91 Å². The summed E-state index contributed by atoms with van der Waals surface area (Å²) >= 11 is 14.9. The van der Waals surface area contributed by atoms with Gasteiger partial charge in [0.1, 0.15) is 0 Å². The number of hydrogen-bond acceptors (Lipinski definition) is 1. The zero-order valence-corrected chi connectivity index (χ0v) is 11.9. The van der Waals surface area contributed by atoms with Gasteiger partial charge in [0.2, 0.25) is 0 Å². The van der Waals surface area contributed by atoms with E-state index in [0.717, 1.165) is 0 Å². The third-order valence-electron chi connectivity index (χ3n) is 2.07. The van der Waals surface area contributed by atoms with E-state index in [-0.39, 0.29) is 11.8 Å². The lowest BCUT2D eigenvalue weighted by Gasteiger charge is -2.10. The number of carbonyl (C=O) groups is 1. The van der Waals surface area contributed by atoms with Crippen molar-refractivity contribution >= 4 is 45.0 Å².